The molecule has 0 saturated carbocycles. The van der Waals surface area contributed by atoms with Crippen molar-refractivity contribution in [2.24, 2.45) is 0 Å². The van der Waals surface area contributed by atoms with E-state index < -0.39 is 13.3 Å². The van der Waals surface area contributed by atoms with E-state index in [-0.39, 0.29) is 0 Å². The van der Waals surface area contributed by atoms with E-state index in [0.29, 0.717) is 0 Å². The molecule has 76 valence electrons. The normalized spacial score (nSPS) is 12.2. The third-order valence-corrected chi connectivity index (χ3v) is 5.92. The van der Waals surface area contributed by atoms with Crippen molar-refractivity contribution >= 4 is 19.3 Å². The van der Waals surface area contributed by atoms with Gasteiger partial charge in [0, 0.05) is 0 Å². The van der Waals surface area contributed by atoms with Crippen molar-refractivity contribution in [3.05, 3.63) is 42.0 Å². The van der Waals surface area contributed by atoms with Crippen molar-refractivity contribution in [3.8, 4) is 0 Å². The molecule has 0 radical (unpaired) electrons. The van der Waals surface area contributed by atoms with Gasteiger partial charge in [-0.25, -0.2) is 0 Å². The summed E-state index contributed by atoms with van der Waals surface area (Å²) in [5.41, 5.74) is 1.31. The van der Waals surface area contributed by atoms with Crippen LogP contribution in [0.25, 0.3) is 6.08 Å². The van der Waals surface area contributed by atoms with Gasteiger partial charge in [-0.3, -0.25) is 0 Å². The Morgan fingerprint density at radius 1 is 1.07 bits per heavy atom. The fourth-order valence-corrected chi connectivity index (χ4v) is 3.47. The Bertz CT molecular complexity index is 280. The standard InChI is InChI=1S/C13H20Ge/c1-14(2,3)12-8-7-11-13-9-5-4-6-10-13/h4-7,9-11H,8,12H2,1-3H3. The zero-order valence-corrected chi connectivity index (χ0v) is 11.6. The topological polar surface area (TPSA) is 0 Å². The molecular weight excluding hydrogens is 229 g/mol. The molecule has 0 aliphatic carbocycles. The first-order valence-electron chi connectivity index (χ1n) is 5.29. The first-order chi connectivity index (χ1) is 6.58. The summed E-state index contributed by atoms with van der Waals surface area (Å²) in [4.78, 5) is 0. The third kappa shape index (κ3) is 5.28. The molecule has 1 rings (SSSR count). The number of benzene rings is 1. The van der Waals surface area contributed by atoms with Crippen molar-refractivity contribution in [1.82, 2.24) is 0 Å². The summed E-state index contributed by atoms with van der Waals surface area (Å²) in [6.07, 6.45) is 5.79. The van der Waals surface area contributed by atoms with Crippen LogP contribution in [0.2, 0.25) is 22.5 Å². The minimum atomic E-state index is -1.30. The molecule has 0 saturated heterocycles. The molecule has 0 aliphatic heterocycles. The van der Waals surface area contributed by atoms with Crippen LogP contribution >= 0.6 is 0 Å². The first-order valence-corrected chi connectivity index (χ1v) is 13.1. The van der Waals surface area contributed by atoms with Gasteiger partial charge >= 0.3 is 90.3 Å². The molecule has 0 aliphatic rings. The molecule has 0 N–H and O–H groups in total. The van der Waals surface area contributed by atoms with Gasteiger partial charge in [-0.05, 0) is 0 Å². The number of hydrogen-bond donors (Lipinski definition) is 0. The SMILES string of the molecule is [CH3][Ge]([CH3])([CH3])[CH2]CC=Cc1ccccc1. The molecule has 0 fully saturated rings. The van der Waals surface area contributed by atoms with Crippen LogP contribution in [0.5, 0.6) is 0 Å². The monoisotopic (exact) mass is 250 g/mol. The van der Waals surface area contributed by atoms with Crippen LogP contribution < -0.4 is 0 Å². The number of allylic oxidation sites excluding steroid dienone is 1. The Morgan fingerprint density at radius 3 is 2.29 bits per heavy atom. The van der Waals surface area contributed by atoms with Crippen LogP contribution in [0.1, 0.15) is 12.0 Å². The van der Waals surface area contributed by atoms with E-state index in [0.717, 1.165) is 0 Å². The third-order valence-electron chi connectivity index (χ3n) is 2.17. The molecular formula is C13H20Ge. The summed E-state index contributed by atoms with van der Waals surface area (Å²) in [7, 11) is 0. The van der Waals surface area contributed by atoms with Gasteiger partial charge < -0.3 is 0 Å². The Balaban J connectivity index is 2.35. The average molecular weight is 249 g/mol. The van der Waals surface area contributed by atoms with Crippen molar-refractivity contribution < 1.29 is 0 Å². The zero-order chi connectivity index (χ0) is 10.4. The molecule has 14 heavy (non-hydrogen) atoms. The first kappa shape index (κ1) is 11.6. The van der Waals surface area contributed by atoms with Crippen LogP contribution in [-0.2, 0) is 0 Å². The van der Waals surface area contributed by atoms with E-state index in [2.05, 4.69) is 59.8 Å². The fraction of sp³-hybridized carbons (Fsp3) is 0.385. The van der Waals surface area contributed by atoms with Crippen LogP contribution in [0.4, 0.5) is 0 Å². The van der Waals surface area contributed by atoms with Gasteiger partial charge in [0.05, 0.1) is 0 Å². The number of rotatable bonds is 4. The van der Waals surface area contributed by atoms with Crippen molar-refractivity contribution in [3.63, 3.8) is 0 Å². The van der Waals surface area contributed by atoms with E-state index in [1.807, 2.05) is 0 Å². The van der Waals surface area contributed by atoms with Gasteiger partial charge in [-0.1, -0.05) is 0 Å². The summed E-state index contributed by atoms with van der Waals surface area (Å²) in [5, 5.41) is 1.43. The Labute approximate surface area is 90.4 Å². The summed E-state index contributed by atoms with van der Waals surface area (Å²) in [5.74, 6) is 7.41. The molecule has 1 aromatic rings. The molecule has 0 atom stereocenters. The quantitative estimate of drug-likeness (QED) is 0.692. The van der Waals surface area contributed by atoms with Gasteiger partial charge in [-0.15, -0.1) is 0 Å². The maximum atomic E-state index is 2.47. The second-order valence-corrected chi connectivity index (χ2v) is 16.7. The van der Waals surface area contributed by atoms with Crippen LogP contribution in [0, 0.1) is 0 Å². The van der Waals surface area contributed by atoms with Gasteiger partial charge in [0.1, 0.15) is 0 Å². The van der Waals surface area contributed by atoms with Gasteiger partial charge in [-0.2, -0.15) is 0 Å². The summed E-state index contributed by atoms with van der Waals surface area (Å²) in [6.45, 7) is 0. The molecule has 1 aromatic carbocycles. The minimum absolute atomic E-state index is 1.25. The molecule has 0 amide bonds. The molecule has 0 bridgehead atoms. The molecule has 0 unspecified atom stereocenters. The Hall–Kier alpha value is -0.497. The van der Waals surface area contributed by atoms with Crippen LogP contribution in [0.3, 0.4) is 0 Å². The average Bonchev–Trinajstić information content (AvgIpc) is 2.13. The van der Waals surface area contributed by atoms with Crippen molar-refractivity contribution in [2.45, 2.75) is 28.9 Å². The predicted octanol–water partition coefficient (Wildman–Crippen LogP) is 4.43. The molecule has 0 heterocycles. The van der Waals surface area contributed by atoms with E-state index >= 15 is 0 Å². The second kappa shape index (κ2) is 5.40. The van der Waals surface area contributed by atoms with E-state index in [4.69, 9.17) is 0 Å². The maximum absolute atomic E-state index is 2.47. The van der Waals surface area contributed by atoms with Gasteiger partial charge in [0.15, 0.2) is 0 Å². The van der Waals surface area contributed by atoms with Crippen molar-refractivity contribution in [2.75, 3.05) is 0 Å². The Morgan fingerprint density at radius 2 is 1.71 bits per heavy atom. The molecule has 1 heteroatoms. The fourth-order valence-electron chi connectivity index (χ4n) is 1.30. The molecule has 0 nitrogen and oxygen atoms in total. The van der Waals surface area contributed by atoms with E-state index in [9.17, 15) is 0 Å². The van der Waals surface area contributed by atoms with Gasteiger partial charge in [0.25, 0.3) is 0 Å². The van der Waals surface area contributed by atoms with Gasteiger partial charge in [0.2, 0.25) is 0 Å². The molecule has 0 spiro atoms. The van der Waals surface area contributed by atoms with Crippen LogP contribution in [-0.4, -0.2) is 13.3 Å². The van der Waals surface area contributed by atoms with E-state index in [1.165, 1.54) is 17.2 Å². The number of hydrogen-bond acceptors (Lipinski definition) is 0. The summed E-state index contributed by atoms with van der Waals surface area (Å²) >= 11 is -1.30. The van der Waals surface area contributed by atoms with Crippen LogP contribution in [0.15, 0.2) is 36.4 Å². The van der Waals surface area contributed by atoms with Crippen molar-refractivity contribution in [1.29, 1.82) is 0 Å². The zero-order valence-electron chi connectivity index (χ0n) is 9.46. The second-order valence-electron chi connectivity index (χ2n) is 4.91. The summed E-state index contributed by atoms with van der Waals surface area (Å²) < 4.78 is 0. The Kier molecular flexibility index (Phi) is 4.47. The molecule has 0 aromatic heterocycles. The predicted molar refractivity (Wildman–Crippen MR) is 68.2 cm³/mol. The van der Waals surface area contributed by atoms with E-state index in [1.54, 1.807) is 0 Å². The summed E-state index contributed by atoms with van der Waals surface area (Å²) in [6, 6.07) is 10.5.